The van der Waals surface area contributed by atoms with Crippen molar-refractivity contribution in [3.05, 3.63) is 81.7 Å². The normalized spacial score (nSPS) is 11.4. The van der Waals surface area contributed by atoms with Gasteiger partial charge in [0.1, 0.15) is 0 Å². The number of hydrogen-bond donors (Lipinski definition) is 3. The van der Waals surface area contributed by atoms with Crippen molar-refractivity contribution in [3.8, 4) is 17.6 Å². The number of aromatic nitrogens is 4. The first kappa shape index (κ1) is 32.7. The second-order valence-corrected chi connectivity index (χ2v) is 13.9. The number of aryl methyl sites for hydroxylation is 1. The summed E-state index contributed by atoms with van der Waals surface area (Å²) in [5.41, 5.74) is 2.51. The molecule has 0 aliphatic rings. The summed E-state index contributed by atoms with van der Waals surface area (Å²) >= 11 is 2.80. The van der Waals surface area contributed by atoms with E-state index in [4.69, 9.17) is 4.74 Å². The number of carboxylic acids is 1. The van der Waals surface area contributed by atoms with Crippen molar-refractivity contribution >= 4 is 54.9 Å². The number of para-hydroxylation sites is 1. The second kappa shape index (κ2) is 14.2. The molecule has 0 spiro atoms. The number of aromatic carboxylic acids is 1. The van der Waals surface area contributed by atoms with Crippen molar-refractivity contribution < 1.29 is 19.0 Å². The Morgan fingerprint density at radius 2 is 1.89 bits per heavy atom. The largest absolute Gasteiger partial charge is 0.490 e. The summed E-state index contributed by atoms with van der Waals surface area (Å²) < 4.78 is 21.6. The number of carboxylic acid groups (broad SMARTS) is 1. The van der Waals surface area contributed by atoms with Crippen LogP contribution in [0.5, 0.6) is 5.75 Å². The summed E-state index contributed by atoms with van der Waals surface area (Å²) in [4.78, 5) is 23.5. The zero-order valence-corrected chi connectivity index (χ0v) is 27.8. The Morgan fingerprint density at radius 1 is 1.09 bits per heavy atom. The summed E-state index contributed by atoms with van der Waals surface area (Å²) in [5, 5.41) is 26.1. The van der Waals surface area contributed by atoms with Crippen LogP contribution in [0.1, 0.15) is 46.0 Å². The van der Waals surface area contributed by atoms with Gasteiger partial charge < -0.3 is 20.5 Å². The quantitative estimate of drug-likeness (QED) is 0.126. The molecule has 0 saturated heterocycles. The molecule has 0 aliphatic heterocycles. The van der Waals surface area contributed by atoms with Gasteiger partial charge in [0, 0.05) is 15.9 Å². The van der Waals surface area contributed by atoms with E-state index in [0.717, 1.165) is 20.9 Å². The molecule has 0 bridgehead atoms. The van der Waals surface area contributed by atoms with E-state index < -0.39 is 17.2 Å². The van der Waals surface area contributed by atoms with Gasteiger partial charge in [0.15, 0.2) is 33.3 Å². The highest BCUT2D eigenvalue weighted by atomic mass is 32.1. The molecule has 0 amide bonds. The van der Waals surface area contributed by atoms with Gasteiger partial charge in [-0.2, -0.15) is 5.10 Å². The average Bonchev–Trinajstić information content (AvgIpc) is 3.60. The topological polar surface area (TPSA) is 125 Å². The Morgan fingerprint density at radius 3 is 2.61 bits per heavy atom. The fourth-order valence-corrected chi connectivity index (χ4v) is 6.48. The minimum atomic E-state index is -1.12. The van der Waals surface area contributed by atoms with E-state index in [9.17, 15) is 14.3 Å². The van der Waals surface area contributed by atoms with Crippen LogP contribution in [-0.2, 0) is 13.0 Å². The van der Waals surface area contributed by atoms with E-state index in [-0.39, 0.29) is 18.1 Å². The number of anilines is 3. The molecule has 0 saturated carbocycles. The summed E-state index contributed by atoms with van der Waals surface area (Å²) in [7, 11) is 3.83. The molecule has 3 aromatic heterocycles. The molecule has 0 fully saturated rings. The van der Waals surface area contributed by atoms with Gasteiger partial charge in [-0.25, -0.2) is 19.2 Å². The number of halogens is 1. The number of thiazole rings is 2. The molecule has 13 heteroatoms. The first-order valence-corrected chi connectivity index (χ1v) is 16.1. The molecule has 5 aromatic rings. The molecular formula is C33H34FN7O3S2. The van der Waals surface area contributed by atoms with Crippen molar-refractivity contribution in [2.75, 3.05) is 37.9 Å². The van der Waals surface area contributed by atoms with Gasteiger partial charge in [0.05, 0.1) is 35.6 Å². The minimum Gasteiger partial charge on any atom is -0.490 e. The van der Waals surface area contributed by atoms with Crippen molar-refractivity contribution in [2.45, 2.75) is 33.7 Å². The maximum atomic E-state index is 14.7. The molecule has 10 nitrogen and oxygen atoms in total. The first-order chi connectivity index (χ1) is 22.0. The summed E-state index contributed by atoms with van der Waals surface area (Å²) in [6, 6.07) is 14.5. The van der Waals surface area contributed by atoms with Crippen molar-refractivity contribution in [1.82, 2.24) is 25.1 Å². The molecule has 2 aromatic carbocycles. The second-order valence-electron chi connectivity index (χ2n) is 11.7. The Labute approximate surface area is 274 Å². The zero-order valence-electron chi connectivity index (χ0n) is 26.1. The molecule has 238 valence electrons. The molecule has 3 N–H and O–H groups in total. The van der Waals surface area contributed by atoms with Gasteiger partial charge in [-0.1, -0.05) is 49.2 Å². The predicted molar refractivity (Wildman–Crippen MR) is 181 cm³/mol. The van der Waals surface area contributed by atoms with E-state index in [1.807, 2.05) is 70.1 Å². The van der Waals surface area contributed by atoms with Crippen LogP contribution in [0.25, 0.3) is 10.2 Å². The molecule has 3 heterocycles. The summed E-state index contributed by atoms with van der Waals surface area (Å²) in [6.07, 6.45) is 0.370. The van der Waals surface area contributed by atoms with Crippen LogP contribution in [-0.4, -0.2) is 63.4 Å². The highest BCUT2D eigenvalue weighted by Crippen LogP contribution is 2.32. The van der Waals surface area contributed by atoms with E-state index in [1.165, 1.54) is 17.4 Å². The Balaban J connectivity index is 1.19. The third-order valence-electron chi connectivity index (χ3n) is 6.69. The minimum absolute atomic E-state index is 0.0231. The third kappa shape index (κ3) is 8.54. The number of nitrogens with one attached hydrogen (secondary N) is 2. The van der Waals surface area contributed by atoms with E-state index in [2.05, 4.69) is 42.6 Å². The highest BCUT2D eigenvalue weighted by molar-refractivity contribution is 7.22. The average molecular weight is 660 g/mol. The van der Waals surface area contributed by atoms with Crippen LogP contribution < -0.4 is 15.4 Å². The lowest BCUT2D eigenvalue weighted by Crippen LogP contribution is -2.25. The lowest BCUT2D eigenvalue weighted by atomic mass is 9.89. The van der Waals surface area contributed by atoms with Gasteiger partial charge in [-0.15, -0.1) is 16.4 Å². The van der Waals surface area contributed by atoms with Crippen LogP contribution in [0.4, 0.5) is 20.5 Å². The number of hydrogen-bond acceptors (Lipinski definition) is 11. The third-order valence-corrected chi connectivity index (χ3v) is 8.66. The van der Waals surface area contributed by atoms with E-state index in [1.54, 1.807) is 23.5 Å². The molecule has 0 atom stereocenters. The first-order valence-electron chi connectivity index (χ1n) is 14.4. The van der Waals surface area contributed by atoms with E-state index >= 15 is 0 Å². The maximum absolute atomic E-state index is 14.7. The summed E-state index contributed by atoms with van der Waals surface area (Å²) in [6.45, 7) is 6.86. The number of carbonyl (C=O) groups is 1. The fourth-order valence-electron chi connectivity index (χ4n) is 4.41. The van der Waals surface area contributed by atoms with Crippen molar-refractivity contribution in [1.29, 1.82) is 0 Å². The molecule has 46 heavy (non-hydrogen) atoms. The van der Waals surface area contributed by atoms with Crippen molar-refractivity contribution in [3.63, 3.8) is 0 Å². The molecule has 0 unspecified atom stereocenters. The fraction of sp³-hybridized carbons (Fsp3) is 0.303. The van der Waals surface area contributed by atoms with Crippen LogP contribution in [0, 0.1) is 30.0 Å². The Kier molecular flexibility index (Phi) is 10.1. The van der Waals surface area contributed by atoms with E-state index in [0.29, 0.717) is 46.6 Å². The zero-order chi connectivity index (χ0) is 32.8. The number of ether oxygens (including phenoxy) is 1. The lowest BCUT2D eigenvalue weighted by molar-refractivity contribution is 0.0689. The van der Waals surface area contributed by atoms with Gasteiger partial charge in [-0.05, 0) is 69.4 Å². The number of nitrogens with zero attached hydrogens (tertiary/aromatic N) is 5. The standard InChI is InChI=1S/C33H34FN7O3S2/c1-20-15-22(39-40-29(20)38-32-36-24-10-6-7-11-26(24)45-32)18-35-31-37-28(30(42)43)27(46-31)17-33(2,3)19-44-25-13-12-21(16-23(25)34)9-8-14-41(4)5/h6-7,10-13,15-16H,14,17-19H2,1-5H3,(H,35,37)(H,42,43)(H,36,38,40). The SMILES string of the molecule is Cc1cc(CNc2nc(C(=O)O)c(CC(C)(C)COc3ccc(C#CCN(C)C)cc3F)s2)nnc1Nc1nc2ccccc2s1. The Bertz CT molecular complexity index is 1890. The predicted octanol–water partition coefficient (Wildman–Crippen LogP) is 6.61. The van der Waals surface area contributed by atoms with Crippen LogP contribution >= 0.6 is 22.7 Å². The highest BCUT2D eigenvalue weighted by Gasteiger charge is 2.27. The smallest absolute Gasteiger partial charge is 0.355 e. The summed E-state index contributed by atoms with van der Waals surface area (Å²) in [5.74, 6) is 5.04. The van der Waals surface area contributed by atoms with Crippen molar-refractivity contribution in [2.24, 2.45) is 5.41 Å². The molecular weight excluding hydrogens is 626 g/mol. The molecule has 5 rings (SSSR count). The number of rotatable bonds is 12. The van der Waals surface area contributed by atoms with Gasteiger partial charge >= 0.3 is 5.97 Å². The van der Waals surface area contributed by atoms with Crippen LogP contribution in [0.3, 0.4) is 0 Å². The van der Waals surface area contributed by atoms with Gasteiger partial charge in [-0.3, -0.25) is 4.90 Å². The molecule has 0 aliphatic carbocycles. The Hall–Kier alpha value is -4.64. The monoisotopic (exact) mass is 659 g/mol. The van der Waals surface area contributed by atoms with Gasteiger partial charge in [0.2, 0.25) is 0 Å². The number of benzene rings is 2. The van der Waals surface area contributed by atoms with Crippen LogP contribution in [0.2, 0.25) is 0 Å². The number of fused-ring (bicyclic) bond motifs is 1. The molecule has 0 radical (unpaired) electrons. The van der Waals surface area contributed by atoms with Gasteiger partial charge in [0.25, 0.3) is 0 Å². The maximum Gasteiger partial charge on any atom is 0.355 e. The van der Waals surface area contributed by atoms with Crippen LogP contribution in [0.15, 0.2) is 48.5 Å². The lowest BCUT2D eigenvalue weighted by Gasteiger charge is -2.24.